The highest BCUT2D eigenvalue weighted by atomic mass is 15.3. The third-order valence-corrected chi connectivity index (χ3v) is 11.0. The van der Waals surface area contributed by atoms with E-state index in [-0.39, 0.29) is 0 Å². The van der Waals surface area contributed by atoms with Gasteiger partial charge in [0.2, 0.25) is 5.95 Å². The average Bonchev–Trinajstić information content (AvgIpc) is 3.29. The number of hydrogen-bond donors (Lipinski definition) is 0. The molecule has 0 aliphatic rings. The van der Waals surface area contributed by atoms with Crippen LogP contribution in [0.3, 0.4) is 0 Å². The summed E-state index contributed by atoms with van der Waals surface area (Å²) in [5.74, 6) is 2.74. The third kappa shape index (κ3) is 8.08. The number of benzene rings is 7. The van der Waals surface area contributed by atoms with Gasteiger partial charge in [0, 0.05) is 34.0 Å². The molecule has 2 heterocycles. The van der Waals surface area contributed by atoms with E-state index in [4.69, 9.17) is 24.9 Å². The maximum absolute atomic E-state index is 5.31. The quantitative estimate of drug-likeness (QED) is 0.136. The number of aromatic nitrogens is 5. The molecule has 2 aromatic heterocycles. The summed E-state index contributed by atoms with van der Waals surface area (Å²) in [7, 11) is 0. The zero-order chi connectivity index (χ0) is 42.7. The Hall–Kier alpha value is -7.77. The Balaban J connectivity index is 1.30. The Labute approximate surface area is 364 Å². The van der Waals surface area contributed by atoms with Crippen molar-refractivity contribution in [1.82, 2.24) is 24.9 Å². The fourth-order valence-electron chi connectivity index (χ4n) is 8.44. The first-order chi connectivity index (χ1) is 30.2. The molecular formula is C55H47N7. The van der Waals surface area contributed by atoms with Crippen molar-refractivity contribution in [1.29, 1.82) is 0 Å². The first kappa shape index (κ1) is 39.7. The molecule has 0 bridgehead atoms. The van der Waals surface area contributed by atoms with E-state index < -0.39 is 0 Å². The Morgan fingerprint density at radius 3 is 1.08 bits per heavy atom. The van der Waals surface area contributed by atoms with E-state index >= 15 is 0 Å². The van der Waals surface area contributed by atoms with Gasteiger partial charge in [-0.1, -0.05) is 157 Å². The molecule has 0 fully saturated rings. The van der Waals surface area contributed by atoms with Crippen molar-refractivity contribution in [2.75, 3.05) is 9.80 Å². The topological polar surface area (TPSA) is 70.9 Å². The molecule has 0 N–H and O–H groups in total. The van der Waals surface area contributed by atoms with E-state index in [1.54, 1.807) is 0 Å². The molecule has 0 atom stereocenters. The minimum atomic E-state index is 0.425. The summed E-state index contributed by atoms with van der Waals surface area (Å²) in [6, 6.07) is 60.2. The van der Waals surface area contributed by atoms with Crippen molar-refractivity contribution in [3.05, 3.63) is 209 Å². The third-order valence-electron chi connectivity index (χ3n) is 11.0. The molecule has 0 radical (unpaired) electrons. The van der Waals surface area contributed by atoms with E-state index in [0.29, 0.717) is 29.2 Å². The van der Waals surface area contributed by atoms with Gasteiger partial charge in [-0.15, -0.1) is 0 Å². The lowest BCUT2D eigenvalue weighted by molar-refractivity contribution is 1.00. The SMILES string of the molecule is Cc1cc(C)c(N(c2ccc(N(c3cc(-c4ccccc4)nc(-c4ccccc4)n3)c3nc(-c4ccccc4)nc(-c4ccccc4)n3)cc2)c2c(C)cc(C)cc2C)c(C)c1. The maximum Gasteiger partial charge on any atom is 0.239 e. The number of anilines is 6. The predicted molar refractivity (Wildman–Crippen MR) is 255 cm³/mol. The van der Waals surface area contributed by atoms with Crippen LogP contribution in [0.15, 0.2) is 176 Å². The van der Waals surface area contributed by atoms with Crippen molar-refractivity contribution >= 4 is 34.5 Å². The van der Waals surface area contributed by atoms with Gasteiger partial charge in [-0.2, -0.15) is 9.97 Å². The minimum absolute atomic E-state index is 0.425. The van der Waals surface area contributed by atoms with Crippen LogP contribution in [-0.4, -0.2) is 24.9 Å². The van der Waals surface area contributed by atoms with Crippen LogP contribution >= 0.6 is 0 Å². The minimum Gasteiger partial charge on any atom is -0.309 e. The molecule has 302 valence electrons. The molecule has 7 heteroatoms. The van der Waals surface area contributed by atoms with Gasteiger partial charge in [-0.3, -0.25) is 4.90 Å². The summed E-state index contributed by atoms with van der Waals surface area (Å²) < 4.78 is 0. The summed E-state index contributed by atoms with van der Waals surface area (Å²) in [5.41, 5.74) is 15.9. The molecule has 9 aromatic rings. The van der Waals surface area contributed by atoms with Crippen LogP contribution in [0.5, 0.6) is 0 Å². The second-order valence-corrected chi connectivity index (χ2v) is 15.9. The van der Waals surface area contributed by atoms with Gasteiger partial charge in [0.05, 0.1) is 22.8 Å². The number of rotatable bonds is 10. The van der Waals surface area contributed by atoms with Gasteiger partial charge in [0.1, 0.15) is 5.82 Å². The Morgan fingerprint density at radius 2 is 0.677 bits per heavy atom. The van der Waals surface area contributed by atoms with E-state index in [0.717, 1.165) is 39.3 Å². The fourth-order valence-corrected chi connectivity index (χ4v) is 8.44. The second kappa shape index (κ2) is 17.1. The molecule has 0 unspecified atom stereocenters. The van der Waals surface area contributed by atoms with Gasteiger partial charge >= 0.3 is 0 Å². The van der Waals surface area contributed by atoms with Gasteiger partial charge in [0.25, 0.3) is 0 Å². The summed E-state index contributed by atoms with van der Waals surface area (Å²) in [4.78, 5) is 30.4. The number of hydrogen-bond acceptors (Lipinski definition) is 7. The highest BCUT2D eigenvalue weighted by molar-refractivity contribution is 5.86. The van der Waals surface area contributed by atoms with Gasteiger partial charge in [-0.25, -0.2) is 15.0 Å². The second-order valence-electron chi connectivity index (χ2n) is 15.9. The summed E-state index contributed by atoms with van der Waals surface area (Å²) in [6.07, 6.45) is 0. The number of nitrogens with zero attached hydrogens (tertiary/aromatic N) is 7. The van der Waals surface area contributed by atoms with Crippen LogP contribution in [0, 0.1) is 41.5 Å². The van der Waals surface area contributed by atoms with Crippen LogP contribution in [0.4, 0.5) is 34.5 Å². The molecule has 7 nitrogen and oxygen atoms in total. The van der Waals surface area contributed by atoms with Crippen LogP contribution < -0.4 is 9.80 Å². The smallest absolute Gasteiger partial charge is 0.239 e. The standard InChI is InChI=1S/C55H47N7/c1-36-31-38(3)50(39(4)32-36)62(51-40(5)33-37(2)34-41(51)6)47-29-27-46(28-30-47)61(49-35-48(42-19-11-7-12-20-42)56-52(57-49)43-21-13-8-14-22-43)55-59-53(44-23-15-9-16-24-44)58-54(60-55)45-25-17-10-18-26-45/h7-35H,1-6H3. The van der Waals surface area contributed by atoms with Crippen molar-refractivity contribution < 1.29 is 0 Å². The van der Waals surface area contributed by atoms with Gasteiger partial charge in [0.15, 0.2) is 17.5 Å². The fraction of sp³-hybridized carbons (Fsp3) is 0.109. The lowest BCUT2D eigenvalue weighted by Crippen LogP contribution is -2.18. The molecule has 62 heavy (non-hydrogen) atoms. The van der Waals surface area contributed by atoms with Crippen molar-refractivity contribution in [3.63, 3.8) is 0 Å². The molecule has 7 aromatic carbocycles. The first-order valence-electron chi connectivity index (χ1n) is 20.9. The van der Waals surface area contributed by atoms with E-state index in [1.165, 1.54) is 44.8 Å². The summed E-state index contributed by atoms with van der Waals surface area (Å²) in [6.45, 7) is 13.1. The Kier molecular flexibility index (Phi) is 10.9. The molecule has 0 aliphatic carbocycles. The van der Waals surface area contributed by atoms with Crippen molar-refractivity contribution in [2.45, 2.75) is 41.5 Å². The lowest BCUT2D eigenvalue weighted by atomic mass is 9.98. The van der Waals surface area contributed by atoms with Crippen LogP contribution in [0.1, 0.15) is 33.4 Å². The Morgan fingerprint density at radius 1 is 0.323 bits per heavy atom. The van der Waals surface area contributed by atoms with Crippen molar-refractivity contribution in [2.24, 2.45) is 0 Å². The summed E-state index contributed by atoms with van der Waals surface area (Å²) >= 11 is 0. The largest absolute Gasteiger partial charge is 0.309 e. The first-order valence-corrected chi connectivity index (χ1v) is 20.9. The molecule has 0 spiro atoms. The average molecular weight is 806 g/mol. The zero-order valence-corrected chi connectivity index (χ0v) is 35.9. The zero-order valence-electron chi connectivity index (χ0n) is 35.9. The highest BCUT2D eigenvalue weighted by Crippen LogP contribution is 2.44. The Bertz CT molecular complexity index is 2660. The maximum atomic E-state index is 5.31. The molecule has 0 saturated carbocycles. The summed E-state index contributed by atoms with van der Waals surface area (Å²) in [5, 5.41) is 0. The van der Waals surface area contributed by atoms with E-state index in [2.05, 4.69) is 107 Å². The van der Waals surface area contributed by atoms with E-state index in [1.807, 2.05) is 120 Å². The van der Waals surface area contributed by atoms with Gasteiger partial charge in [-0.05, 0) is 88.1 Å². The van der Waals surface area contributed by atoms with Crippen LogP contribution in [0.2, 0.25) is 0 Å². The van der Waals surface area contributed by atoms with E-state index in [9.17, 15) is 0 Å². The molecule has 0 amide bonds. The molecule has 9 rings (SSSR count). The van der Waals surface area contributed by atoms with Gasteiger partial charge < -0.3 is 4.90 Å². The predicted octanol–water partition coefficient (Wildman–Crippen LogP) is 14.1. The van der Waals surface area contributed by atoms with Crippen molar-refractivity contribution in [3.8, 4) is 45.4 Å². The molecular weight excluding hydrogens is 759 g/mol. The normalized spacial score (nSPS) is 11.1. The van der Waals surface area contributed by atoms with Crippen LogP contribution in [-0.2, 0) is 0 Å². The number of aryl methyl sites for hydroxylation is 6. The molecule has 0 aliphatic heterocycles. The monoisotopic (exact) mass is 805 g/mol. The van der Waals surface area contributed by atoms with Crippen LogP contribution in [0.25, 0.3) is 45.4 Å². The highest BCUT2D eigenvalue weighted by Gasteiger charge is 2.25. The molecule has 0 saturated heterocycles. The lowest BCUT2D eigenvalue weighted by Gasteiger charge is -2.32.